The number of fused-ring (bicyclic) bond motifs is 12. The third-order valence-electron chi connectivity index (χ3n) is 5.95. The fraction of sp³-hybridized carbons (Fsp3) is 0.0417. The van der Waals surface area contributed by atoms with Gasteiger partial charge in [-0.05, 0) is 52.9 Å². The van der Waals surface area contributed by atoms with Crippen molar-refractivity contribution < 1.29 is 0 Å². The van der Waals surface area contributed by atoms with Crippen LogP contribution in [-0.4, -0.2) is 19.4 Å². The van der Waals surface area contributed by atoms with Crippen LogP contribution in [0.2, 0.25) is 0 Å². The molecule has 0 aliphatic heterocycles. The predicted molar refractivity (Wildman–Crippen MR) is 112 cm³/mol. The van der Waals surface area contributed by atoms with Crippen molar-refractivity contribution in [2.75, 3.05) is 0 Å². The van der Waals surface area contributed by atoms with Gasteiger partial charge >= 0.3 is 0 Å². The van der Waals surface area contributed by atoms with Gasteiger partial charge in [0.15, 0.2) is 0 Å². The summed E-state index contributed by atoms with van der Waals surface area (Å²) in [7, 11) is 0. The molecule has 6 aromatic rings. The van der Waals surface area contributed by atoms with Crippen LogP contribution in [-0.2, 0) is 6.42 Å². The smallest absolute Gasteiger partial charge is 0.147 e. The average Bonchev–Trinajstić information content (AvgIpc) is 3.32. The molecule has 0 radical (unpaired) electrons. The molecule has 0 amide bonds. The maximum absolute atomic E-state index is 4.95. The molecule has 0 atom stereocenters. The second-order valence-electron chi connectivity index (χ2n) is 7.36. The largest absolute Gasteiger partial charge is 0.274 e. The Morgan fingerprint density at radius 1 is 0.786 bits per heavy atom. The van der Waals surface area contributed by atoms with Gasteiger partial charge in [-0.1, -0.05) is 30.3 Å². The molecule has 0 N–H and O–H groups in total. The first kappa shape index (κ1) is 14.3. The molecule has 1 aliphatic rings. The van der Waals surface area contributed by atoms with E-state index in [0.29, 0.717) is 0 Å². The molecule has 4 heterocycles. The lowest BCUT2D eigenvalue weighted by Gasteiger charge is -2.12. The van der Waals surface area contributed by atoms with Gasteiger partial charge in [0.2, 0.25) is 0 Å². The van der Waals surface area contributed by atoms with E-state index in [1.807, 2.05) is 24.5 Å². The van der Waals surface area contributed by atoms with Gasteiger partial charge in [0.25, 0.3) is 0 Å². The summed E-state index contributed by atoms with van der Waals surface area (Å²) in [4.78, 5) is 14.0. The van der Waals surface area contributed by atoms with E-state index >= 15 is 0 Å². The third kappa shape index (κ3) is 1.63. The predicted octanol–water partition coefficient (Wildman–Crippen LogP) is 5.16. The lowest BCUT2D eigenvalue weighted by molar-refractivity contribution is 1.22. The quantitative estimate of drug-likeness (QED) is 0.352. The molecule has 4 nitrogen and oxygen atoms in total. The monoisotopic (exact) mass is 358 g/mol. The van der Waals surface area contributed by atoms with Crippen molar-refractivity contribution in [3.63, 3.8) is 0 Å². The minimum absolute atomic E-state index is 0.935. The van der Waals surface area contributed by atoms with E-state index in [1.54, 1.807) is 6.20 Å². The fourth-order valence-electron chi connectivity index (χ4n) is 4.79. The van der Waals surface area contributed by atoms with Gasteiger partial charge in [-0.3, -0.25) is 9.38 Å². The molecule has 7 rings (SSSR count). The van der Waals surface area contributed by atoms with Gasteiger partial charge in [0.05, 0.1) is 17.2 Å². The summed E-state index contributed by atoms with van der Waals surface area (Å²) in [6.07, 6.45) is 6.47. The summed E-state index contributed by atoms with van der Waals surface area (Å²) in [5.74, 6) is 0. The van der Waals surface area contributed by atoms with E-state index < -0.39 is 0 Å². The SMILES string of the molecule is c1ccc2c(c1)Cc1c-2ccc2c1c1cccnc1n1c3cnccc3nc21. The van der Waals surface area contributed by atoms with Crippen molar-refractivity contribution in [2.24, 2.45) is 0 Å². The lowest BCUT2D eigenvalue weighted by Crippen LogP contribution is -1.96. The number of benzene rings is 2. The molecule has 1 aliphatic carbocycles. The van der Waals surface area contributed by atoms with Crippen molar-refractivity contribution in [1.82, 2.24) is 19.4 Å². The van der Waals surface area contributed by atoms with E-state index in [1.165, 1.54) is 33.0 Å². The molecule has 28 heavy (non-hydrogen) atoms. The Morgan fingerprint density at radius 3 is 2.71 bits per heavy atom. The second-order valence-corrected chi connectivity index (χ2v) is 7.36. The molecule has 0 saturated heterocycles. The zero-order valence-electron chi connectivity index (χ0n) is 14.9. The highest BCUT2D eigenvalue weighted by molar-refractivity contribution is 6.16. The molecule has 4 aromatic heterocycles. The van der Waals surface area contributed by atoms with E-state index in [-0.39, 0.29) is 0 Å². The molecule has 4 heteroatoms. The average molecular weight is 358 g/mol. The Balaban J connectivity index is 1.77. The van der Waals surface area contributed by atoms with Crippen LogP contribution < -0.4 is 0 Å². The molecular weight excluding hydrogens is 344 g/mol. The van der Waals surface area contributed by atoms with Gasteiger partial charge in [-0.25, -0.2) is 9.97 Å². The molecule has 0 fully saturated rings. The van der Waals surface area contributed by atoms with E-state index in [9.17, 15) is 0 Å². The molecule has 130 valence electrons. The molecule has 0 unspecified atom stereocenters. The number of nitrogens with zero attached hydrogens (tertiary/aromatic N) is 4. The Kier molecular flexibility index (Phi) is 2.51. The molecule has 0 spiro atoms. The Bertz CT molecular complexity index is 1590. The standard InChI is InChI=1S/C24H14N4/c1-2-5-15-14(4-1)12-19-16(15)7-8-18-22(19)17-6-3-10-26-23(17)28-21-13-25-11-9-20(21)27-24(18)28/h1-11,13H,12H2. The zero-order valence-corrected chi connectivity index (χ0v) is 14.9. The summed E-state index contributed by atoms with van der Waals surface area (Å²) >= 11 is 0. The normalized spacial score (nSPS) is 12.9. The molecule has 2 aromatic carbocycles. The first-order chi connectivity index (χ1) is 13.9. The van der Waals surface area contributed by atoms with E-state index in [4.69, 9.17) is 9.97 Å². The van der Waals surface area contributed by atoms with Crippen LogP contribution in [0.15, 0.2) is 73.2 Å². The van der Waals surface area contributed by atoms with Crippen molar-refractivity contribution in [2.45, 2.75) is 6.42 Å². The summed E-state index contributed by atoms with van der Waals surface area (Å²) in [5, 5.41) is 3.61. The number of rotatable bonds is 0. The Morgan fingerprint density at radius 2 is 1.71 bits per heavy atom. The van der Waals surface area contributed by atoms with Crippen molar-refractivity contribution in [3.05, 3.63) is 84.3 Å². The maximum atomic E-state index is 4.95. The van der Waals surface area contributed by atoms with Gasteiger partial charge in [-0.2, -0.15) is 0 Å². The van der Waals surface area contributed by atoms with Gasteiger partial charge in [-0.15, -0.1) is 0 Å². The first-order valence-corrected chi connectivity index (χ1v) is 9.43. The van der Waals surface area contributed by atoms with Crippen LogP contribution in [0.3, 0.4) is 0 Å². The van der Waals surface area contributed by atoms with E-state index in [2.05, 4.69) is 51.8 Å². The number of imidazole rings is 1. The summed E-state index contributed by atoms with van der Waals surface area (Å²) in [5.41, 5.74) is 9.26. The van der Waals surface area contributed by atoms with Gasteiger partial charge < -0.3 is 0 Å². The Hall–Kier alpha value is -3.79. The minimum atomic E-state index is 0.935. The summed E-state index contributed by atoms with van der Waals surface area (Å²) < 4.78 is 2.15. The number of hydrogen-bond acceptors (Lipinski definition) is 3. The number of hydrogen-bond donors (Lipinski definition) is 0. The summed E-state index contributed by atoms with van der Waals surface area (Å²) in [6.45, 7) is 0. The van der Waals surface area contributed by atoms with Gasteiger partial charge in [0.1, 0.15) is 11.3 Å². The number of aromatic nitrogens is 4. The van der Waals surface area contributed by atoms with Crippen LogP contribution in [0.4, 0.5) is 0 Å². The highest BCUT2D eigenvalue weighted by atomic mass is 15.1. The van der Waals surface area contributed by atoms with Crippen molar-refractivity contribution in [3.8, 4) is 11.1 Å². The van der Waals surface area contributed by atoms with Crippen LogP contribution in [0.25, 0.3) is 49.6 Å². The maximum Gasteiger partial charge on any atom is 0.147 e. The van der Waals surface area contributed by atoms with Crippen molar-refractivity contribution >= 4 is 38.5 Å². The highest BCUT2D eigenvalue weighted by Gasteiger charge is 2.23. The van der Waals surface area contributed by atoms with Crippen LogP contribution in [0, 0.1) is 0 Å². The van der Waals surface area contributed by atoms with Crippen LogP contribution in [0.5, 0.6) is 0 Å². The zero-order chi connectivity index (χ0) is 18.2. The summed E-state index contributed by atoms with van der Waals surface area (Å²) in [6, 6.07) is 19.3. The lowest BCUT2D eigenvalue weighted by atomic mass is 9.97. The Labute approximate surface area is 160 Å². The van der Waals surface area contributed by atoms with Crippen LogP contribution in [0.1, 0.15) is 11.1 Å². The highest BCUT2D eigenvalue weighted by Crippen LogP contribution is 2.43. The molecular formula is C24H14N4. The molecule has 0 bridgehead atoms. The minimum Gasteiger partial charge on any atom is -0.274 e. The fourth-order valence-corrected chi connectivity index (χ4v) is 4.79. The first-order valence-electron chi connectivity index (χ1n) is 9.43. The van der Waals surface area contributed by atoms with Gasteiger partial charge in [0, 0.05) is 28.6 Å². The van der Waals surface area contributed by atoms with Crippen LogP contribution >= 0.6 is 0 Å². The molecule has 0 saturated carbocycles. The second kappa shape index (κ2) is 4.93. The van der Waals surface area contributed by atoms with Crippen molar-refractivity contribution in [1.29, 1.82) is 0 Å². The topological polar surface area (TPSA) is 43.1 Å². The van der Waals surface area contributed by atoms with E-state index in [0.717, 1.165) is 34.1 Å². The third-order valence-corrected chi connectivity index (χ3v) is 5.95. The number of pyridine rings is 3.